The number of esters is 1. The molecule has 0 aliphatic rings. The number of Topliss-reactive ketones (excluding diaryl/α,β-unsaturated/α-hetero) is 1. The molecular formula is C20H21LiO5. The van der Waals surface area contributed by atoms with Crippen molar-refractivity contribution in [3.05, 3.63) is 77.6 Å². The summed E-state index contributed by atoms with van der Waals surface area (Å²) in [6.07, 6.45) is -0.00115. The maximum absolute atomic E-state index is 11.7. The van der Waals surface area contributed by atoms with Gasteiger partial charge in [-0.25, -0.2) is 4.79 Å². The van der Waals surface area contributed by atoms with Gasteiger partial charge < -0.3 is 16.0 Å². The number of rotatable bonds is 7. The molecule has 0 saturated heterocycles. The summed E-state index contributed by atoms with van der Waals surface area (Å²) >= 11 is 0. The fraction of sp³-hybridized carbons (Fsp3) is 0.200. The third-order valence-corrected chi connectivity index (χ3v) is 3.62. The largest absolute Gasteiger partial charge is 1.00 e. The van der Waals surface area contributed by atoms with Crippen LogP contribution in [0.1, 0.15) is 32.5 Å². The predicted octanol–water partition coefficient (Wildman–Crippen LogP) is 1.02. The number of ether oxygens (including phenoxy) is 2. The molecule has 0 spiro atoms. The van der Waals surface area contributed by atoms with Crippen LogP contribution in [0.4, 0.5) is 0 Å². The number of hydrogen-bond donors (Lipinski definition) is 1. The number of ketones is 1. The van der Waals surface area contributed by atoms with E-state index in [0.29, 0.717) is 18.6 Å². The van der Waals surface area contributed by atoms with E-state index in [1.807, 2.05) is 30.3 Å². The monoisotopic (exact) mass is 348 g/mol. The van der Waals surface area contributed by atoms with E-state index in [-0.39, 0.29) is 25.9 Å². The van der Waals surface area contributed by atoms with Gasteiger partial charge in [-0.2, -0.15) is 0 Å². The first kappa shape index (κ1) is 21.6. The van der Waals surface area contributed by atoms with Gasteiger partial charge in [0.2, 0.25) is 0 Å². The fourth-order valence-electron chi connectivity index (χ4n) is 2.08. The molecule has 1 N–H and O–H groups in total. The summed E-state index contributed by atoms with van der Waals surface area (Å²) in [7, 11) is 0. The Balaban J connectivity index is 0.00000338. The van der Waals surface area contributed by atoms with Gasteiger partial charge in [-0.15, -0.1) is 0 Å². The number of aliphatic hydroxyl groups is 1. The van der Waals surface area contributed by atoms with Gasteiger partial charge in [0.1, 0.15) is 18.5 Å². The number of aliphatic hydroxyl groups excluding tert-OH is 1. The minimum absolute atomic E-state index is 0. The van der Waals surface area contributed by atoms with Crippen LogP contribution in [0.3, 0.4) is 0 Å². The summed E-state index contributed by atoms with van der Waals surface area (Å²) in [5.41, 5.74) is 1.74. The van der Waals surface area contributed by atoms with Crippen LogP contribution in [-0.2, 0) is 20.9 Å². The van der Waals surface area contributed by atoms with Crippen molar-refractivity contribution in [2.75, 3.05) is 0 Å². The van der Waals surface area contributed by atoms with E-state index in [1.54, 1.807) is 31.2 Å². The average molecular weight is 348 g/mol. The molecule has 1 atom stereocenters. The minimum Gasteiger partial charge on any atom is -1.00 e. The van der Waals surface area contributed by atoms with Crippen LogP contribution < -0.4 is 23.6 Å². The number of hydrogen-bond acceptors (Lipinski definition) is 5. The molecule has 0 saturated carbocycles. The van der Waals surface area contributed by atoms with E-state index in [2.05, 4.69) is 0 Å². The zero-order valence-electron chi connectivity index (χ0n) is 16.1. The normalized spacial score (nSPS) is 11.8. The van der Waals surface area contributed by atoms with Gasteiger partial charge in [0.15, 0.2) is 0 Å². The third-order valence-electron chi connectivity index (χ3n) is 3.62. The Morgan fingerprint density at radius 1 is 1.12 bits per heavy atom. The molecule has 2 aromatic carbocycles. The topological polar surface area (TPSA) is 72.8 Å². The molecule has 0 aromatic heterocycles. The predicted molar refractivity (Wildman–Crippen MR) is 94.2 cm³/mol. The zero-order valence-corrected chi connectivity index (χ0v) is 15.1. The van der Waals surface area contributed by atoms with E-state index in [0.717, 1.165) is 11.1 Å². The standard InChI is InChI=1S/C20H20O5.Li.H/c1-14(12-21)19(22)20(23)25-15(2)17-8-10-18(11-9-17)24-13-16-6-4-3-5-7-16;;/h3-12,15,21H,13H2,1-2H3;;/q;+1;-1. The zero-order chi connectivity index (χ0) is 18.2. The average Bonchev–Trinajstić information content (AvgIpc) is 2.66. The van der Waals surface area contributed by atoms with E-state index < -0.39 is 17.9 Å². The van der Waals surface area contributed by atoms with E-state index in [1.165, 1.54) is 6.92 Å². The van der Waals surface area contributed by atoms with Crippen LogP contribution in [0.15, 0.2) is 66.4 Å². The Morgan fingerprint density at radius 2 is 1.73 bits per heavy atom. The smallest absolute Gasteiger partial charge is 1.00 e. The van der Waals surface area contributed by atoms with Gasteiger partial charge in [0, 0.05) is 5.57 Å². The van der Waals surface area contributed by atoms with Crippen LogP contribution in [0.2, 0.25) is 0 Å². The first-order chi connectivity index (χ1) is 12.0. The van der Waals surface area contributed by atoms with Gasteiger partial charge in [0.05, 0.1) is 6.26 Å². The second-order valence-electron chi connectivity index (χ2n) is 5.53. The van der Waals surface area contributed by atoms with Crippen LogP contribution in [0.25, 0.3) is 0 Å². The molecule has 26 heavy (non-hydrogen) atoms. The van der Waals surface area contributed by atoms with Gasteiger partial charge in [-0.05, 0) is 37.1 Å². The van der Waals surface area contributed by atoms with Crippen molar-refractivity contribution in [2.24, 2.45) is 0 Å². The second kappa shape index (κ2) is 10.5. The fourth-order valence-corrected chi connectivity index (χ4v) is 2.08. The number of carbonyl (C=O) groups is 2. The van der Waals surface area contributed by atoms with Gasteiger partial charge in [-0.3, -0.25) is 4.79 Å². The molecular weight excluding hydrogens is 327 g/mol. The van der Waals surface area contributed by atoms with Crippen LogP contribution in [0.5, 0.6) is 5.75 Å². The summed E-state index contributed by atoms with van der Waals surface area (Å²) in [5, 5.41) is 8.76. The minimum atomic E-state index is -1.00. The SMILES string of the molecule is CC(=CO)C(=O)C(=O)OC(C)c1ccc(OCc2ccccc2)cc1.[H-].[Li+]. The summed E-state index contributed by atoms with van der Waals surface area (Å²) in [5.74, 6) is -1.17. The van der Waals surface area contributed by atoms with Gasteiger partial charge >= 0.3 is 24.8 Å². The molecule has 6 heteroatoms. The van der Waals surface area contributed by atoms with Crippen molar-refractivity contribution >= 4 is 11.8 Å². The van der Waals surface area contributed by atoms with Crippen molar-refractivity contribution in [3.63, 3.8) is 0 Å². The Morgan fingerprint density at radius 3 is 2.31 bits per heavy atom. The van der Waals surface area contributed by atoms with Crippen molar-refractivity contribution in [1.82, 2.24) is 0 Å². The Kier molecular flexibility index (Phi) is 8.70. The van der Waals surface area contributed by atoms with Gasteiger partial charge in [0.25, 0.3) is 5.78 Å². The molecule has 1 unspecified atom stereocenters. The summed E-state index contributed by atoms with van der Waals surface area (Å²) in [6, 6.07) is 16.9. The Bertz CT molecular complexity index is 760. The maximum Gasteiger partial charge on any atom is 1.00 e. The molecule has 0 amide bonds. The third kappa shape index (κ3) is 6.11. The van der Waals surface area contributed by atoms with Crippen molar-refractivity contribution in [2.45, 2.75) is 26.6 Å². The Labute approximate surface area is 166 Å². The summed E-state index contributed by atoms with van der Waals surface area (Å²) in [6.45, 7) is 3.47. The summed E-state index contributed by atoms with van der Waals surface area (Å²) < 4.78 is 10.8. The molecule has 0 aliphatic carbocycles. The van der Waals surface area contributed by atoms with E-state index in [4.69, 9.17) is 14.6 Å². The first-order valence-electron chi connectivity index (χ1n) is 7.84. The quantitative estimate of drug-likeness (QED) is 0.266. The molecule has 2 aromatic rings. The van der Waals surface area contributed by atoms with Crippen LogP contribution in [-0.4, -0.2) is 16.9 Å². The second-order valence-corrected chi connectivity index (χ2v) is 5.53. The number of carbonyl (C=O) groups excluding carboxylic acids is 2. The van der Waals surface area contributed by atoms with Gasteiger partial charge in [-0.1, -0.05) is 42.5 Å². The molecule has 0 radical (unpaired) electrons. The molecule has 5 nitrogen and oxygen atoms in total. The van der Waals surface area contributed by atoms with Crippen molar-refractivity contribution < 1.29 is 44.5 Å². The number of benzene rings is 2. The molecule has 0 bridgehead atoms. The first-order valence-corrected chi connectivity index (χ1v) is 7.84. The molecule has 0 aliphatic heterocycles. The van der Waals surface area contributed by atoms with Crippen LogP contribution >= 0.6 is 0 Å². The van der Waals surface area contributed by atoms with Crippen molar-refractivity contribution in [1.29, 1.82) is 0 Å². The van der Waals surface area contributed by atoms with Crippen molar-refractivity contribution in [3.8, 4) is 5.75 Å². The summed E-state index contributed by atoms with van der Waals surface area (Å²) in [4.78, 5) is 23.3. The maximum atomic E-state index is 11.7. The van der Waals surface area contributed by atoms with E-state index in [9.17, 15) is 9.59 Å². The van der Waals surface area contributed by atoms with E-state index >= 15 is 0 Å². The Hall–Kier alpha value is -2.48. The van der Waals surface area contributed by atoms with Crippen LogP contribution in [0, 0.1) is 0 Å². The molecule has 0 fully saturated rings. The molecule has 0 heterocycles. The molecule has 132 valence electrons. The molecule has 2 rings (SSSR count).